The van der Waals surface area contributed by atoms with Gasteiger partial charge < -0.3 is 20.4 Å². The molecule has 0 atom stereocenters. The van der Waals surface area contributed by atoms with Crippen LogP contribution in [0.4, 0.5) is 11.8 Å². The first-order chi connectivity index (χ1) is 11.2. The molecule has 0 saturated heterocycles. The van der Waals surface area contributed by atoms with E-state index in [0.717, 1.165) is 36.5 Å². The smallest absolute Gasteiger partial charge is 0.276 e. The molecule has 8 heteroatoms. The van der Waals surface area contributed by atoms with Gasteiger partial charge in [0.25, 0.3) is 5.91 Å². The predicted molar refractivity (Wildman–Crippen MR) is 84.8 cm³/mol. The van der Waals surface area contributed by atoms with Gasteiger partial charge in [0.1, 0.15) is 12.1 Å². The summed E-state index contributed by atoms with van der Waals surface area (Å²) in [7, 11) is 0. The van der Waals surface area contributed by atoms with Crippen LogP contribution in [0.1, 0.15) is 41.5 Å². The molecule has 122 valence electrons. The summed E-state index contributed by atoms with van der Waals surface area (Å²) in [5.74, 6) is 0.832. The molecule has 2 aromatic rings. The van der Waals surface area contributed by atoms with Crippen molar-refractivity contribution in [1.29, 1.82) is 0 Å². The zero-order valence-corrected chi connectivity index (χ0v) is 13.1. The number of hydrogen-bond donors (Lipinski definition) is 2. The number of anilines is 2. The maximum absolute atomic E-state index is 12.4. The number of carbonyl (C=O) groups excluding carboxylic acids is 1. The summed E-state index contributed by atoms with van der Waals surface area (Å²) in [6.07, 6.45) is 5.39. The van der Waals surface area contributed by atoms with Crippen LogP contribution in [-0.4, -0.2) is 38.8 Å². The molecule has 0 fully saturated rings. The second-order valence-corrected chi connectivity index (χ2v) is 5.49. The lowest BCUT2D eigenvalue weighted by Crippen LogP contribution is -2.37. The van der Waals surface area contributed by atoms with Crippen LogP contribution in [0.25, 0.3) is 0 Å². The van der Waals surface area contributed by atoms with E-state index in [0.29, 0.717) is 25.2 Å². The predicted octanol–water partition coefficient (Wildman–Crippen LogP) is 1.46. The van der Waals surface area contributed by atoms with Crippen LogP contribution in [0, 0.1) is 0 Å². The quantitative estimate of drug-likeness (QED) is 0.803. The summed E-state index contributed by atoms with van der Waals surface area (Å²) in [6.45, 7) is 3.96. The van der Waals surface area contributed by atoms with E-state index in [1.165, 1.54) is 12.7 Å². The molecule has 0 unspecified atom stereocenters. The van der Waals surface area contributed by atoms with Crippen molar-refractivity contribution in [2.24, 2.45) is 0 Å². The van der Waals surface area contributed by atoms with Crippen molar-refractivity contribution in [2.75, 3.05) is 24.1 Å². The van der Waals surface area contributed by atoms with Crippen LogP contribution in [0.2, 0.25) is 0 Å². The highest BCUT2D eigenvalue weighted by molar-refractivity contribution is 5.92. The van der Waals surface area contributed by atoms with Crippen LogP contribution in [-0.2, 0) is 13.0 Å². The summed E-state index contributed by atoms with van der Waals surface area (Å²) >= 11 is 0. The SMILES string of the molecule is CCCCNc1nc(N)nc2c1CN(C(=O)c1cocn1)CC2. The van der Waals surface area contributed by atoms with Gasteiger partial charge in [-0.3, -0.25) is 4.79 Å². The number of fused-ring (bicyclic) bond motifs is 1. The number of nitrogens with zero attached hydrogens (tertiary/aromatic N) is 4. The Morgan fingerprint density at radius 2 is 2.35 bits per heavy atom. The van der Waals surface area contributed by atoms with Crippen molar-refractivity contribution in [2.45, 2.75) is 32.7 Å². The standard InChI is InChI=1S/C15H20N6O2/c1-2-3-5-17-13-10-7-21(14(22)12-8-23-9-18-12)6-4-11(10)19-15(16)20-13/h8-9H,2-7H2,1H3,(H3,16,17,19,20). The van der Waals surface area contributed by atoms with Gasteiger partial charge in [0.05, 0.1) is 12.2 Å². The van der Waals surface area contributed by atoms with E-state index in [-0.39, 0.29) is 11.9 Å². The normalized spacial score (nSPS) is 13.7. The molecule has 3 heterocycles. The van der Waals surface area contributed by atoms with E-state index in [9.17, 15) is 4.79 Å². The highest BCUT2D eigenvalue weighted by Crippen LogP contribution is 2.25. The van der Waals surface area contributed by atoms with Gasteiger partial charge in [-0.15, -0.1) is 0 Å². The second kappa shape index (κ2) is 6.64. The van der Waals surface area contributed by atoms with Crippen LogP contribution < -0.4 is 11.1 Å². The summed E-state index contributed by atoms with van der Waals surface area (Å²) in [6, 6.07) is 0. The summed E-state index contributed by atoms with van der Waals surface area (Å²) in [5, 5.41) is 3.31. The molecule has 0 spiro atoms. The molecule has 0 radical (unpaired) electrons. The van der Waals surface area contributed by atoms with E-state index in [2.05, 4.69) is 27.2 Å². The highest BCUT2D eigenvalue weighted by atomic mass is 16.3. The van der Waals surface area contributed by atoms with Gasteiger partial charge in [-0.2, -0.15) is 4.98 Å². The maximum Gasteiger partial charge on any atom is 0.276 e. The number of rotatable bonds is 5. The number of oxazole rings is 1. The highest BCUT2D eigenvalue weighted by Gasteiger charge is 2.27. The van der Waals surface area contributed by atoms with Crippen molar-refractivity contribution in [1.82, 2.24) is 19.9 Å². The Balaban J connectivity index is 1.82. The second-order valence-electron chi connectivity index (χ2n) is 5.49. The molecule has 3 rings (SSSR count). The Morgan fingerprint density at radius 1 is 1.48 bits per heavy atom. The van der Waals surface area contributed by atoms with Crippen LogP contribution >= 0.6 is 0 Å². The molecule has 1 aliphatic rings. The minimum Gasteiger partial charge on any atom is -0.451 e. The first-order valence-electron chi connectivity index (χ1n) is 7.75. The lowest BCUT2D eigenvalue weighted by Gasteiger charge is -2.29. The van der Waals surface area contributed by atoms with Crippen molar-refractivity contribution >= 4 is 17.7 Å². The number of hydrogen-bond acceptors (Lipinski definition) is 7. The summed E-state index contributed by atoms with van der Waals surface area (Å²) in [4.78, 5) is 26.7. The number of nitrogen functional groups attached to an aromatic ring is 1. The van der Waals surface area contributed by atoms with Crippen molar-refractivity contribution in [3.05, 3.63) is 29.6 Å². The molecule has 0 bridgehead atoms. The largest absolute Gasteiger partial charge is 0.451 e. The van der Waals surface area contributed by atoms with E-state index in [1.54, 1.807) is 4.90 Å². The van der Waals surface area contributed by atoms with Gasteiger partial charge in [0.2, 0.25) is 5.95 Å². The van der Waals surface area contributed by atoms with E-state index >= 15 is 0 Å². The van der Waals surface area contributed by atoms with Crippen molar-refractivity contribution in [3.63, 3.8) is 0 Å². The van der Waals surface area contributed by atoms with E-state index in [4.69, 9.17) is 10.2 Å². The number of amides is 1. The summed E-state index contributed by atoms with van der Waals surface area (Å²) in [5.41, 5.74) is 7.94. The first-order valence-corrected chi connectivity index (χ1v) is 7.75. The van der Waals surface area contributed by atoms with Crippen LogP contribution in [0.15, 0.2) is 17.1 Å². The first kappa shape index (κ1) is 15.3. The van der Waals surface area contributed by atoms with Gasteiger partial charge in [-0.1, -0.05) is 13.3 Å². The molecule has 0 saturated carbocycles. The average Bonchev–Trinajstić information content (AvgIpc) is 3.08. The van der Waals surface area contributed by atoms with Gasteiger partial charge in [0, 0.05) is 25.1 Å². The number of aromatic nitrogens is 3. The number of carbonyl (C=O) groups is 1. The number of nitrogens with one attached hydrogen (secondary N) is 1. The summed E-state index contributed by atoms with van der Waals surface area (Å²) < 4.78 is 4.89. The Bertz CT molecular complexity index is 686. The molecule has 3 N–H and O–H groups in total. The lowest BCUT2D eigenvalue weighted by molar-refractivity contribution is 0.0728. The molecular weight excluding hydrogens is 296 g/mol. The monoisotopic (exact) mass is 316 g/mol. The molecule has 8 nitrogen and oxygen atoms in total. The third kappa shape index (κ3) is 3.25. The fourth-order valence-electron chi connectivity index (χ4n) is 2.62. The minimum atomic E-state index is -0.152. The Kier molecular flexibility index (Phi) is 4.40. The van der Waals surface area contributed by atoms with Crippen molar-refractivity contribution in [3.8, 4) is 0 Å². The van der Waals surface area contributed by atoms with E-state index < -0.39 is 0 Å². The van der Waals surface area contributed by atoms with Gasteiger partial charge in [0.15, 0.2) is 12.1 Å². The molecule has 1 aliphatic heterocycles. The zero-order chi connectivity index (χ0) is 16.2. The Morgan fingerprint density at radius 3 is 3.09 bits per heavy atom. The van der Waals surface area contributed by atoms with Crippen LogP contribution in [0.3, 0.4) is 0 Å². The van der Waals surface area contributed by atoms with Crippen molar-refractivity contribution < 1.29 is 9.21 Å². The van der Waals surface area contributed by atoms with E-state index in [1.807, 2.05) is 0 Å². The zero-order valence-electron chi connectivity index (χ0n) is 13.1. The molecule has 23 heavy (non-hydrogen) atoms. The molecule has 0 aliphatic carbocycles. The average molecular weight is 316 g/mol. The topological polar surface area (TPSA) is 110 Å². The lowest BCUT2D eigenvalue weighted by atomic mass is 10.1. The third-order valence-corrected chi connectivity index (χ3v) is 3.84. The van der Waals surface area contributed by atoms with Crippen LogP contribution in [0.5, 0.6) is 0 Å². The third-order valence-electron chi connectivity index (χ3n) is 3.84. The maximum atomic E-state index is 12.4. The number of unbranched alkanes of at least 4 members (excludes halogenated alkanes) is 1. The fourth-order valence-corrected chi connectivity index (χ4v) is 2.62. The molecular formula is C15H20N6O2. The van der Waals surface area contributed by atoms with Gasteiger partial charge in [-0.25, -0.2) is 9.97 Å². The Labute approximate surface area is 134 Å². The minimum absolute atomic E-state index is 0.152. The Hall–Kier alpha value is -2.64. The molecule has 2 aromatic heterocycles. The number of nitrogens with two attached hydrogens (primary N) is 1. The van der Waals surface area contributed by atoms with Gasteiger partial charge in [-0.05, 0) is 6.42 Å². The van der Waals surface area contributed by atoms with Gasteiger partial charge >= 0.3 is 0 Å². The molecule has 1 amide bonds. The molecule has 0 aromatic carbocycles. The fraction of sp³-hybridized carbons (Fsp3) is 0.467.